The molecule has 1 aromatic heterocycles. The average Bonchev–Trinajstić information content (AvgIpc) is 2.94. The second-order valence-electron chi connectivity index (χ2n) is 5.44. The van der Waals surface area contributed by atoms with Crippen molar-refractivity contribution in [3.63, 3.8) is 0 Å². The molecule has 0 radical (unpaired) electrons. The third-order valence-electron chi connectivity index (χ3n) is 4.03. The highest BCUT2D eigenvalue weighted by Crippen LogP contribution is 2.33. The predicted octanol–water partition coefficient (Wildman–Crippen LogP) is 4.23. The van der Waals surface area contributed by atoms with Gasteiger partial charge in [0.15, 0.2) is 0 Å². The summed E-state index contributed by atoms with van der Waals surface area (Å²) in [7, 11) is 1.74. The molecular weight excluding hydrogens is 266 g/mol. The fraction of sp³-hybridized carbons (Fsp3) is 0.412. The molecule has 0 saturated heterocycles. The van der Waals surface area contributed by atoms with Gasteiger partial charge in [0.1, 0.15) is 5.75 Å². The van der Waals surface area contributed by atoms with Crippen LogP contribution in [0, 0.1) is 6.92 Å². The van der Waals surface area contributed by atoms with Gasteiger partial charge in [-0.25, -0.2) is 0 Å². The van der Waals surface area contributed by atoms with Crippen LogP contribution >= 0.6 is 11.3 Å². The lowest BCUT2D eigenvalue weighted by molar-refractivity contribution is 0.401. The molecule has 1 heterocycles. The van der Waals surface area contributed by atoms with Crippen molar-refractivity contribution < 1.29 is 4.74 Å². The van der Waals surface area contributed by atoms with Crippen LogP contribution in [0.15, 0.2) is 29.6 Å². The first kappa shape index (κ1) is 13.7. The number of ether oxygens (including phenoxy) is 1. The zero-order valence-corrected chi connectivity index (χ0v) is 12.9. The van der Waals surface area contributed by atoms with Crippen molar-refractivity contribution in [3.8, 4) is 5.75 Å². The zero-order valence-electron chi connectivity index (χ0n) is 12.1. The summed E-state index contributed by atoms with van der Waals surface area (Å²) in [5.74, 6) is 0.976. The van der Waals surface area contributed by atoms with Crippen molar-refractivity contribution in [2.75, 3.05) is 7.11 Å². The molecule has 1 unspecified atom stereocenters. The second kappa shape index (κ2) is 5.98. The lowest BCUT2D eigenvalue weighted by Gasteiger charge is -2.24. The van der Waals surface area contributed by atoms with Gasteiger partial charge in [-0.1, -0.05) is 17.7 Å². The Morgan fingerprint density at radius 2 is 2.25 bits per heavy atom. The van der Waals surface area contributed by atoms with Gasteiger partial charge in [-0.2, -0.15) is 0 Å². The minimum atomic E-state index is 0.496. The van der Waals surface area contributed by atoms with Crippen LogP contribution in [-0.2, 0) is 13.0 Å². The van der Waals surface area contributed by atoms with Crippen LogP contribution in [0.1, 0.15) is 40.5 Å². The van der Waals surface area contributed by atoms with Gasteiger partial charge in [-0.15, -0.1) is 11.3 Å². The fourth-order valence-electron chi connectivity index (χ4n) is 2.98. The van der Waals surface area contributed by atoms with E-state index in [-0.39, 0.29) is 0 Å². The smallest absolute Gasteiger partial charge is 0.123 e. The molecule has 0 spiro atoms. The fourth-order valence-corrected chi connectivity index (χ4v) is 3.96. The van der Waals surface area contributed by atoms with Crippen molar-refractivity contribution in [3.05, 3.63) is 51.2 Å². The first-order chi connectivity index (χ1) is 9.78. The Labute approximate surface area is 124 Å². The van der Waals surface area contributed by atoms with E-state index >= 15 is 0 Å². The molecule has 1 aliphatic rings. The number of benzene rings is 1. The lowest BCUT2D eigenvalue weighted by Crippen LogP contribution is -2.24. The quantitative estimate of drug-likeness (QED) is 0.908. The zero-order chi connectivity index (χ0) is 13.9. The van der Waals surface area contributed by atoms with Gasteiger partial charge < -0.3 is 10.1 Å². The van der Waals surface area contributed by atoms with Crippen molar-refractivity contribution in [1.29, 1.82) is 0 Å². The Balaban J connectivity index is 1.73. The van der Waals surface area contributed by atoms with E-state index in [9.17, 15) is 0 Å². The molecule has 0 aliphatic heterocycles. The molecule has 2 aromatic rings. The molecule has 0 bridgehead atoms. The highest BCUT2D eigenvalue weighted by molar-refractivity contribution is 7.10. The summed E-state index contributed by atoms with van der Waals surface area (Å²) >= 11 is 1.90. The molecule has 20 heavy (non-hydrogen) atoms. The highest BCUT2D eigenvalue weighted by Gasteiger charge is 2.20. The highest BCUT2D eigenvalue weighted by atomic mass is 32.1. The molecule has 1 aromatic carbocycles. The maximum atomic E-state index is 5.46. The van der Waals surface area contributed by atoms with Gasteiger partial charge in [0.25, 0.3) is 0 Å². The number of aryl methyl sites for hydroxylation is 2. The minimum absolute atomic E-state index is 0.496. The van der Waals surface area contributed by atoms with E-state index in [2.05, 4.69) is 41.9 Å². The largest absolute Gasteiger partial charge is 0.496 e. The summed E-state index contributed by atoms with van der Waals surface area (Å²) < 4.78 is 5.46. The van der Waals surface area contributed by atoms with E-state index in [1.807, 2.05) is 11.3 Å². The molecule has 3 rings (SSSR count). The molecule has 3 heteroatoms. The van der Waals surface area contributed by atoms with E-state index < -0.39 is 0 Å². The lowest BCUT2D eigenvalue weighted by atomic mass is 9.94. The monoisotopic (exact) mass is 287 g/mol. The number of thiophene rings is 1. The number of rotatable bonds is 4. The van der Waals surface area contributed by atoms with E-state index in [0.29, 0.717) is 6.04 Å². The van der Waals surface area contributed by atoms with Gasteiger partial charge in [0.2, 0.25) is 0 Å². The van der Waals surface area contributed by atoms with Crippen LogP contribution in [0.5, 0.6) is 5.75 Å². The summed E-state index contributed by atoms with van der Waals surface area (Å²) in [4.78, 5) is 1.56. The first-order valence-electron chi connectivity index (χ1n) is 7.21. The van der Waals surface area contributed by atoms with Gasteiger partial charge in [0.05, 0.1) is 7.11 Å². The summed E-state index contributed by atoms with van der Waals surface area (Å²) in [5, 5.41) is 5.93. The summed E-state index contributed by atoms with van der Waals surface area (Å²) in [5.41, 5.74) is 4.03. The van der Waals surface area contributed by atoms with Crippen molar-refractivity contribution in [2.45, 2.75) is 38.8 Å². The molecule has 0 fully saturated rings. The maximum Gasteiger partial charge on any atom is 0.123 e. The van der Waals surface area contributed by atoms with Crippen molar-refractivity contribution in [2.24, 2.45) is 0 Å². The number of fused-ring (bicyclic) bond motifs is 1. The van der Waals surface area contributed by atoms with Crippen LogP contribution in [-0.4, -0.2) is 7.11 Å². The maximum absolute atomic E-state index is 5.46. The van der Waals surface area contributed by atoms with E-state index in [4.69, 9.17) is 4.74 Å². The van der Waals surface area contributed by atoms with Gasteiger partial charge in [0, 0.05) is 23.0 Å². The number of hydrogen-bond donors (Lipinski definition) is 1. The van der Waals surface area contributed by atoms with Gasteiger partial charge in [-0.05, 0) is 49.3 Å². The molecule has 0 amide bonds. The SMILES string of the molecule is COc1ccc(C)cc1CNC1CCCc2sccc21. The number of nitrogens with one attached hydrogen (secondary N) is 1. The summed E-state index contributed by atoms with van der Waals surface area (Å²) in [6, 6.07) is 9.15. The van der Waals surface area contributed by atoms with E-state index in [0.717, 1.165) is 12.3 Å². The standard InChI is InChI=1S/C17H21NOS/c1-12-6-7-16(19-2)13(10-12)11-18-15-4-3-5-17-14(15)8-9-20-17/h6-10,15,18H,3-5,11H2,1-2H3. The second-order valence-corrected chi connectivity index (χ2v) is 6.44. The molecule has 1 atom stereocenters. The summed E-state index contributed by atoms with van der Waals surface area (Å²) in [6.07, 6.45) is 3.77. The Bertz CT molecular complexity index is 590. The molecule has 1 aliphatic carbocycles. The van der Waals surface area contributed by atoms with E-state index in [1.165, 1.54) is 36.0 Å². The van der Waals surface area contributed by atoms with Crippen molar-refractivity contribution in [1.82, 2.24) is 5.32 Å². The topological polar surface area (TPSA) is 21.3 Å². The van der Waals surface area contributed by atoms with Crippen LogP contribution in [0.2, 0.25) is 0 Å². The predicted molar refractivity (Wildman–Crippen MR) is 84.6 cm³/mol. The van der Waals surface area contributed by atoms with E-state index in [1.54, 1.807) is 12.0 Å². The average molecular weight is 287 g/mol. The van der Waals surface area contributed by atoms with Crippen LogP contribution in [0.25, 0.3) is 0 Å². The van der Waals surface area contributed by atoms with Gasteiger partial charge in [-0.3, -0.25) is 0 Å². The molecule has 2 nitrogen and oxygen atoms in total. The van der Waals surface area contributed by atoms with Gasteiger partial charge >= 0.3 is 0 Å². The molecule has 106 valence electrons. The normalized spacial score (nSPS) is 17.8. The Morgan fingerprint density at radius 1 is 1.35 bits per heavy atom. The number of hydrogen-bond acceptors (Lipinski definition) is 3. The Kier molecular flexibility index (Phi) is 4.08. The molecular formula is C17H21NOS. The van der Waals surface area contributed by atoms with Crippen LogP contribution in [0.4, 0.5) is 0 Å². The first-order valence-corrected chi connectivity index (χ1v) is 8.09. The minimum Gasteiger partial charge on any atom is -0.496 e. The third kappa shape index (κ3) is 2.74. The third-order valence-corrected chi connectivity index (χ3v) is 5.02. The number of methoxy groups -OCH3 is 1. The Morgan fingerprint density at radius 3 is 3.10 bits per heavy atom. The molecule has 1 N–H and O–H groups in total. The summed E-state index contributed by atoms with van der Waals surface area (Å²) in [6.45, 7) is 2.99. The van der Waals surface area contributed by atoms with Crippen LogP contribution in [0.3, 0.4) is 0 Å². The molecule has 0 saturated carbocycles. The van der Waals surface area contributed by atoms with Crippen molar-refractivity contribution >= 4 is 11.3 Å². The van der Waals surface area contributed by atoms with Crippen LogP contribution < -0.4 is 10.1 Å². The Hall–Kier alpha value is -1.32.